The molecule has 2 fully saturated rings. The number of nitrogens with zero attached hydrogens (tertiary/aromatic N) is 7. The Morgan fingerprint density at radius 2 is 2.00 bits per heavy atom. The topological polar surface area (TPSA) is 131 Å². The van der Waals surface area contributed by atoms with Crippen molar-refractivity contribution in [3.8, 4) is 28.3 Å². The first-order chi connectivity index (χ1) is 22.4. The highest BCUT2D eigenvalue weighted by molar-refractivity contribution is 7.89. The lowest BCUT2D eigenvalue weighted by Gasteiger charge is -2.62. The minimum atomic E-state index is -3.30. The Bertz CT molecular complexity index is 2270. The molecule has 1 saturated carbocycles. The van der Waals surface area contributed by atoms with Crippen molar-refractivity contribution in [2.45, 2.75) is 38.1 Å². The first-order valence-electron chi connectivity index (χ1n) is 16.3. The summed E-state index contributed by atoms with van der Waals surface area (Å²) < 4.78 is 59.4. The maximum absolute atomic E-state index is 14.2. The molecule has 3 aliphatic heterocycles. The Morgan fingerprint density at radius 1 is 1.16 bits per heavy atom. The van der Waals surface area contributed by atoms with Gasteiger partial charge in [0.05, 0.1) is 58.8 Å². The number of carbonyl (C=O) groups excluding carboxylic acids is 1. The number of rotatable bonds is 4. The van der Waals surface area contributed by atoms with Crippen LogP contribution in [0.2, 0.25) is 0 Å². The summed E-state index contributed by atoms with van der Waals surface area (Å²) >= 11 is 0. The van der Waals surface area contributed by atoms with Crippen molar-refractivity contribution in [3.05, 3.63) is 42.4 Å². The first-order valence-corrected chi connectivity index (χ1v) is 16.5. The maximum Gasteiger partial charge on any atom is 0.237 e. The summed E-state index contributed by atoms with van der Waals surface area (Å²) in [7, 11) is -1.53. The third kappa shape index (κ3) is 3.23. The summed E-state index contributed by atoms with van der Waals surface area (Å²) in [5, 5.41) is 10.2. The van der Waals surface area contributed by atoms with Gasteiger partial charge in [0, 0.05) is 71.5 Å². The Morgan fingerprint density at radius 3 is 2.80 bits per heavy atom. The van der Waals surface area contributed by atoms with Gasteiger partial charge in [0.2, 0.25) is 21.8 Å². The molecule has 12 nitrogen and oxygen atoms in total. The van der Waals surface area contributed by atoms with E-state index in [0.29, 0.717) is 55.0 Å². The highest BCUT2D eigenvalue weighted by atomic mass is 32.2. The van der Waals surface area contributed by atoms with Crippen LogP contribution in [-0.4, -0.2) is 80.7 Å². The van der Waals surface area contributed by atoms with E-state index in [2.05, 4.69) is 15.2 Å². The zero-order valence-electron chi connectivity index (χ0n) is 27.3. The molecule has 4 aromatic heterocycles. The number of ether oxygens (including phenoxy) is 1. The number of sulfonamides is 1. The number of anilines is 1. The Hall–Kier alpha value is -4.23. The minimum Gasteiger partial charge on any atom is -0.477 e. The van der Waals surface area contributed by atoms with Crippen LogP contribution in [0.5, 0.6) is 5.88 Å². The third-order valence-electron chi connectivity index (χ3n) is 10.2. The zero-order valence-corrected chi connectivity index (χ0v) is 25.1. The smallest absolute Gasteiger partial charge is 0.237 e. The lowest BCUT2D eigenvalue weighted by Crippen LogP contribution is -2.69. The summed E-state index contributed by atoms with van der Waals surface area (Å²) in [6.07, 6.45) is 7.00. The van der Waals surface area contributed by atoms with Gasteiger partial charge in [-0.1, -0.05) is 6.07 Å². The standard InChI is InChI=1S/C31H32N8O4S/c1-4-44(41,42)38-16-30(17-38)14-31(15-30)25-22(36(2)29(31)40)13-32-27-24(25)23(18-6-7-21-19(10-18)11-33-37(21)3)26(35-27)20-12-34-39-8-5-9-43-28(20)39/h6-7,10-13H,4-5,8-9,14-17H2,1-3H3,(H,32,35)/i3D3. The highest BCUT2D eigenvalue weighted by Crippen LogP contribution is 2.66. The van der Waals surface area contributed by atoms with Crippen LogP contribution in [0.3, 0.4) is 0 Å². The minimum absolute atomic E-state index is 0.0152. The van der Waals surface area contributed by atoms with Crippen LogP contribution < -0.4 is 9.64 Å². The van der Waals surface area contributed by atoms with Crippen molar-refractivity contribution < 1.29 is 22.1 Å². The maximum atomic E-state index is 14.2. The quantitative estimate of drug-likeness (QED) is 0.328. The van der Waals surface area contributed by atoms with Gasteiger partial charge in [-0.05, 0) is 37.5 Å². The molecule has 1 aromatic carbocycles. The van der Waals surface area contributed by atoms with Crippen molar-refractivity contribution in [3.63, 3.8) is 0 Å². The van der Waals surface area contributed by atoms with Crippen LogP contribution in [0.25, 0.3) is 44.3 Å². The van der Waals surface area contributed by atoms with Gasteiger partial charge in [-0.15, -0.1) is 0 Å². The fourth-order valence-electron chi connectivity index (χ4n) is 8.20. The van der Waals surface area contributed by atoms with Crippen molar-refractivity contribution >= 4 is 43.6 Å². The van der Waals surface area contributed by atoms with E-state index >= 15 is 0 Å². The number of pyridine rings is 1. The molecule has 2 spiro atoms. The number of likely N-dealkylation sites (N-methyl/N-ethyl adjacent to an activating group) is 1. The molecular weight excluding hydrogens is 580 g/mol. The molecule has 1 saturated heterocycles. The van der Waals surface area contributed by atoms with Crippen LogP contribution in [0, 0.1) is 5.41 Å². The molecule has 1 aliphatic carbocycles. The number of fused-ring (bicyclic) bond motifs is 6. The largest absolute Gasteiger partial charge is 0.477 e. The average molecular weight is 616 g/mol. The number of H-pyrrole nitrogens is 1. The van der Waals surface area contributed by atoms with Crippen molar-refractivity contribution in [1.29, 1.82) is 0 Å². The zero-order chi connectivity index (χ0) is 32.7. The van der Waals surface area contributed by atoms with E-state index in [1.807, 2.05) is 16.8 Å². The highest BCUT2D eigenvalue weighted by Gasteiger charge is 2.68. The fraction of sp³-hybridized carbons (Fsp3) is 0.419. The predicted octanol–water partition coefficient (Wildman–Crippen LogP) is 3.42. The van der Waals surface area contributed by atoms with Gasteiger partial charge < -0.3 is 14.6 Å². The van der Waals surface area contributed by atoms with E-state index in [0.717, 1.165) is 56.7 Å². The summed E-state index contributed by atoms with van der Waals surface area (Å²) in [5.74, 6) is 0.686. The van der Waals surface area contributed by atoms with Crippen molar-refractivity contribution in [2.75, 3.05) is 37.4 Å². The molecule has 0 radical (unpaired) electrons. The molecule has 4 aliphatic rings. The molecular formula is C31H32N8O4S. The Balaban J connectivity index is 1.26. The molecule has 7 heterocycles. The van der Waals surface area contributed by atoms with Gasteiger partial charge in [-0.25, -0.2) is 22.4 Å². The number of aromatic amines is 1. The number of amides is 1. The first kappa shape index (κ1) is 23.2. The van der Waals surface area contributed by atoms with E-state index in [-0.39, 0.29) is 17.1 Å². The Kier molecular flexibility index (Phi) is 4.47. The van der Waals surface area contributed by atoms with Gasteiger partial charge in [0.15, 0.2) is 0 Å². The second kappa shape index (κ2) is 8.48. The summed E-state index contributed by atoms with van der Waals surface area (Å²) in [5.41, 5.74) is 4.73. The predicted molar refractivity (Wildman–Crippen MR) is 165 cm³/mol. The molecule has 226 valence electrons. The number of hydrogen-bond acceptors (Lipinski definition) is 7. The van der Waals surface area contributed by atoms with E-state index in [9.17, 15) is 13.2 Å². The molecule has 44 heavy (non-hydrogen) atoms. The van der Waals surface area contributed by atoms with Gasteiger partial charge in [0.1, 0.15) is 5.65 Å². The summed E-state index contributed by atoms with van der Waals surface area (Å²) in [4.78, 5) is 24.2. The van der Waals surface area contributed by atoms with E-state index in [4.69, 9.17) is 13.8 Å². The third-order valence-corrected chi connectivity index (χ3v) is 11.9. The van der Waals surface area contributed by atoms with Gasteiger partial charge >= 0.3 is 0 Å². The van der Waals surface area contributed by atoms with Crippen LogP contribution in [0.15, 0.2) is 36.8 Å². The van der Waals surface area contributed by atoms with Crippen LogP contribution in [0.1, 0.15) is 35.9 Å². The number of carbonyl (C=O) groups is 1. The van der Waals surface area contributed by atoms with Gasteiger partial charge in [0.25, 0.3) is 0 Å². The number of hydrogen-bond donors (Lipinski definition) is 1. The van der Waals surface area contributed by atoms with Crippen molar-refractivity contribution in [2.24, 2.45) is 12.4 Å². The molecule has 0 bridgehead atoms. The van der Waals surface area contributed by atoms with E-state index < -0.39 is 22.4 Å². The van der Waals surface area contributed by atoms with E-state index in [1.54, 1.807) is 43.5 Å². The number of benzene rings is 1. The van der Waals surface area contributed by atoms with Crippen molar-refractivity contribution in [1.82, 2.24) is 33.8 Å². The monoisotopic (exact) mass is 615 g/mol. The molecule has 9 rings (SSSR count). The summed E-state index contributed by atoms with van der Waals surface area (Å²) in [6, 6.07) is 5.56. The number of aryl methyl sites for hydroxylation is 2. The molecule has 1 amide bonds. The Labute approximate surface area is 257 Å². The number of nitrogens with one attached hydrogen (secondary N) is 1. The van der Waals surface area contributed by atoms with Gasteiger partial charge in [-0.2, -0.15) is 10.2 Å². The van der Waals surface area contributed by atoms with Gasteiger partial charge in [-0.3, -0.25) is 9.48 Å². The molecule has 0 atom stereocenters. The fourth-order valence-corrected chi connectivity index (χ4v) is 9.51. The van der Waals surface area contributed by atoms with Crippen LogP contribution >= 0.6 is 0 Å². The lowest BCUT2D eigenvalue weighted by atomic mass is 9.48. The van der Waals surface area contributed by atoms with E-state index in [1.165, 1.54) is 4.31 Å². The average Bonchev–Trinajstić information content (AvgIpc) is 3.76. The normalized spacial score (nSPS) is 21.5. The second-order valence-electron chi connectivity index (χ2n) is 12.7. The molecule has 0 unspecified atom stereocenters. The second-order valence-corrected chi connectivity index (χ2v) is 15.0. The molecule has 1 N–H and O–H groups in total. The lowest BCUT2D eigenvalue weighted by molar-refractivity contribution is -0.139. The molecule has 13 heteroatoms. The SMILES string of the molecule is [2H]C([2H])([2H])n1ncc2cc(-c3c(-c4cnn5c4OCCC5)[nH]c4ncc5c(c34)C3(CC4(CN(S(=O)(=O)CC)C4)C3)C(=O)N5C)ccc21. The van der Waals surface area contributed by atoms with Crippen LogP contribution in [-0.2, 0) is 33.8 Å². The van der Waals surface area contributed by atoms with Crippen LogP contribution in [0.4, 0.5) is 5.69 Å². The number of aromatic nitrogens is 6. The molecule has 5 aromatic rings. The summed E-state index contributed by atoms with van der Waals surface area (Å²) in [6.45, 7) is 1.35.